The van der Waals surface area contributed by atoms with E-state index in [0.717, 1.165) is 29.8 Å². The van der Waals surface area contributed by atoms with Gasteiger partial charge in [0.1, 0.15) is 0 Å². The molecule has 1 amide bonds. The highest BCUT2D eigenvalue weighted by molar-refractivity contribution is 5.99. The summed E-state index contributed by atoms with van der Waals surface area (Å²) in [6.45, 7) is 14.5. The lowest BCUT2D eigenvalue weighted by Gasteiger charge is -2.29. The summed E-state index contributed by atoms with van der Waals surface area (Å²) in [6.07, 6.45) is 1.04. The van der Waals surface area contributed by atoms with Crippen LogP contribution in [0.2, 0.25) is 0 Å². The molecule has 0 heterocycles. The summed E-state index contributed by atoms with van der Waals surface area (Å²) in [5.41, 5.74) is 2.91. The summed E-state index contributed by atoms with van der Waals surface area (Å²) >= 11 is 0. The van der Waals surface area contributed by atoms with Crippen molar-refractivity contribution in [2.75, 3.05) is 18.4 Å². The van der Waals surface area contributed by atoms with Crippen molar-refractivity contribution in [2.45, 2.75) is 48.0 Å². The van der Waals surface area contributed by atoms with Gasteiger partial charge in [-0.1, -0.05) is 40.7 Å². The van der Waals surface area contributed by atoms with Crippen LogP contribution in [0, 0.1) is 18.3 Å². The van der Waals surface area contributed by atoms with Crippen LogP contribution in [0.4, 0.5) is 5.69 Å². The van der Waals surface area contributed by atoms with E-state index in [0.29, 0.717) is 12.5 Å². The molecule has 0 aliphatic heterocycles. The van der Waals surface area contributed by atoms with Gasteiger partial charge in [0.15, 0.2) is 0 Å². The Balaban J connectivity index is 2.82. The third kappa shape index (κ3) is 5.07. The van der Waals surface area contributed by atoms with E-state index in [9.17, 15) is 4.79 Å². The molecule has 0 bridgehead atoms. The number of benzene rings is 1. The highest BCUT2D eigenvalue weighted by Gasteiger charge is 2.23. The number of carbonyl (C=O) groups excluding carboxylic acids is 1. The Morgan fingerprint density at radius 1 is 1.29 bits per heavy atom. The van der Waals surface area contributed by atoms with Gasteiger partial charge in [-0.25, -0.2) is 0 Å². The van der Waals surface area contributed by atoms with E-state index in [1.807, 2.05) is 25.1 Å². The monoisotopic (exact) mass is 290 g/mol. The number of hydrogen-bond acceptors (Lipinski definition) is 2. The van der Waals surface area contributed by atoms with Gasteiger partial charge in [0.05, 0.1) is 5.56 Å². The first kappa shape index (κ1) is 17.5. The average Bonchev–Trinajstić information content (AvgIpc) is 2.42. The first-order valence-electron chi connectivity index (χ1n) is 7.90. The number of hydrogen-bond donors (Lipinski definition) is 2. The molecule has 0 aliphatic carbocycles. The Kier molecular flexibility index (Phi) is 6.25. The van der Waals surface area contributed by atoms with Crippen molar-refractivity contribution >= 4 is 11.6 Å². The number of aryl methyl sites for hydroxylation is 1. The number of anilines is 1. The van der Waals surface area contributed by atoms with Crippen molar-refractivity contribution in [3.63, 3.8) is 0 Å². The standard InChI is InChI=1S/C18H30N2O/c1-7-10-19-16-11-14(4)8-9-15(16)17(21)20-12-18(5,6)13(2)3/h8-9,11,13,19H,7,10,12H2,1-6H3,(H,20,21). The van der Waals surface area contributed by atoms with Gasteiger partial charge < -0.3 is 10.6 Å². The summed E-state index contributed by atoms with van der Waals surface area (Å²) < 4.78 is 0. The Morgan fingerprint density at radius 2 is 1.95 bits per heavy atom. The number of amides is 1. The maximum atomic E-state index is 12.5. The molecule has 0 spiro atoms. The SMILES string of the molecule is CCCNc1cc(C)ccc1C(=O)NCC(C)(C)C(C)C. The van der Waals surface area contributed by atoms with Crippen LogP contribution in [0.25, 0.3) is 0 Å². The fourth-order valence-corrected chi connectivity index (χ4v) is 1.87. The van der Waals surface area contributed by atoms with Crippen LogP contribution in [0.1, 0.15) is 57.0 Å². The molecular weight excluding hydrogens is 260 g/mol. The highest BCUT2D eigenvalue weighted by Crippen LogP contribution is 2.25. The van der Waals surface area contributed by atoms with Crippen molar-refractivity contribution in [1.29, 1.82) is 0 Å². The van der Waals surface area contributed by atoms with Crippen LogP contribution < -0.4 is 10.6 Å². The Bertz CT molecular complexity index is 478. The van der Waals surface area contributed by atoms with E-state index in [2.05, 4.69) is 45.3 Å². The fourth-order valence-electron chi connectivity index (χ4n) is 1.87. The Labute approximate surface area is 129 Å². The Hall–Kier alpha value is -1.51. The second-order valence-corrected chi connectivity index (χ2v) is 6.80. The van der Waals surface area contributed by atoms with Crippen molar-refractivity contribution < 1.29 is 4.79 Å². The lowest BCUT2D eigenvalue weighted by molar-refractivity contribution is 0.0925. The molecule has 0 fully saturated rings. The summed E-state index contributed by atoms with van der Waals surface area (Å²) in [6, 6.07) is 5.93. The molecule has 0 unspecified atom stereocenters. The lowest BCUT2D eigenvalue weighted by atomic mass is 9.81. The van der Waals surface area contributed by atoms with Crippen LogP contribution in [-0.2, 0) is 0 Å². The molecule has 1 aromatic carbocycles. The van der Waals surface area contributed by atoms with Gasteiger partial charge in [0.25, 0.3) is 5.91 Å². The smallest absolute Gasteiger partial charge is 0.253 e. The molecule has 118 valence electrons. The molecule has 0 atom stereocenters. The van der Waals surface area contributed by atoms with Gasteiger partial charge >= 0.3 is 0 Å². The van der Waals surface area contributed by atoms with Crippen LogP contribution in [0.3, 0.4) is 0 Å². The molecule has 21 heavy (non-hydrogen) atoms. The average molecular weight is 290 g/mol. The number of nitrogens with one attached hydrogen (secondary N) is 2. The van der Waals surface area contributed by atoms with Gasteiger partial charge in [0.2, 0.25) is 0 Å². The molecule has 1 aromatic rings. The minimum atomic E-state index is 0.00216. The van der Waals surface area contributed by atoms with Crippen LogP contribution in [0.15, 0.2) is 18.2 Å². The third-order valence-corrected chi connectivity index (χ3v) is 4.25. The molecule has 1 rings (SSSR count). The Morgan fingerprint density at radius 3 is 2.52 bits per heavy atom. The van der Waals surface area contributed by atoms with Crippen molar-refractivity contribution in [3.05, 3.63) is 29.3 Å². The van der Waals surface area contributed by atoms with E-state index in [1.165, 1.54) is 0 Å². The van der Waals surface area contributed by atoms with Crippen molar-refractivity contribution in [1.82, 2.24) is 5.32 Å². The first-order valence-corrected chi connectivity index (χ1v) is 7.90. The van der Waals surface area contributed by atoms with Gasteiger partial charge in [-0.15, -0.1) is 0 Å². The highest BCUT2D eigenvalue weighted by atomic mass is 16.1. The summed E-state index contributed by atoms with van der Waals surface area (Å²) in [5, 5.41) is 6.42. The zero-order chi connectivity index (χ0) is 16.0. The molecule has 0 saturated heterocycles. The molecule has 0 saturated carbocycles. The predicted molar refractivity (Wildman–Crippen MR) is 90.9 cm³/mol. The quantitative estimate of drug-likeness (QED) is 0.789. The van der Waals surface area contributed by atoms with E-state index in [4.69, 9.17) is 0 Å². The first-order chi connectivity index (χ1) is 9.77. The number of rotatable bonds is 7. The molecule has 0 aromatic heterocycles. The van der Waals surface area contributed by atoms with E-state index in [1.54, 1.807) is 0 Å². The van der Waals surface area contributed by atoms with Gasteiger partial charge in [0, 0.05) is 18.8 Å². The molecule has 0 radical (unpaired) electrons. The van der Waals surface area contributed by atoms with Crippen molar-refractivity contribution in [3.8, 4) is 0 Å². The zero-order valence-corrected chi connectivity index (χ0v) is 14.3. The minimum Gasteiger partial charge on any atom is -0.384 e. The van der Waals surface area contributed by atoms with E-state index < -0.39 is 0 Å². The molecule has 3 nitrogen and oxygen atoms in total. The maximum Gasteiger partial charge on any atom is 0.253 e. The maximum absolute atomic E-state index is 12.5. The van der Waals surface area contributed by atoms with E-state index in [-0.39, 0.29) is 11.3 Å². The van der Waals surface area contributed by atoms with Gasteiger partial charge in [-0.2, -0.15) is 0 Å². The van der Waals surface area contributed by atoms with E-state index >= 15 is 0 Å². The summed E-state index contributed by atoms with van der Waals surface area (Å²) in [5.74, 6) is 0.524. The normalized spacial score (nSPS) is 11.6. The van der Waals surface area contributed by atoms with Crippen LogP contribution in [0.5, 0.6) is 0 Å². The second kappa shape index (κ2) is 7.48. The topological polar surface area (TPSA) is 41.1 Å². The third-order valence-electron chi connectivity index (χ3n) is 4.25. The lowest BCUT2D eigenvalue weighted by Crippen LogP contribution is -2.37. The summed E-state index contributed by atoms with van der Waals surface area (Å²) in [7, 11) is 0. The van der Waals surface area contributed by atoms with Crippen LogP contribution >= 0.6 is 0 Å². The largest absolute Gasteiger partial charge is 0.384 e. The van der Waals surface area contributed by atoms with Gasteiger partial charge in [-0.3, -0.25) is 4.79 Å². The molecular formula is C18H30N2O. The molecule has 0 aliphatic rings. The number of carbonyl (C=O) groups is 1. The minimum absolute atomic E-state index is 0.00216. The van der Waals surface area contributed by atoms with Crippen LogP contribution in [-0.4, -0.2) is 19.0 Å². The van der Waals surface area contributed by atoms with Gasteiger partial charge in [-0.05, 0) is 42.4 Å². The summed E-state index contributed by atoms with van der Waals surface area (Å²) in [4.78, 5) is 12.5. The van der Waals surface area contributed by atoms with Crippen molar-refractivity contribution in [2.24, 2.45) is 11.3 Å². The zero-order valence-electron chi connectivity index (χ0n) is 14.3. The molecule has 3 heteroatoms. The second-order valence-electron chi connectivity index (χ2n) is 6.80. The predicted octanol–water partition coefficient (Wildman–Crippen LogP) is 4.23. The molecule has 2 N–H and O–H groups in total. The fraction of sp³-hybridized carbons (Fsp3) is 0.611.